The molecule has 1 aromatic heterocycles. The van der Waals surface area contributed by atoms with Gasteiger partial charge in [0, 0.05) is 37.6 Å². The van der Waals surface area contributed by atoms with E-state index in [1.807, 2.05) is 36.4 Å². The molecule has 0 radical (unpaired) electrons. The van der Waals surface area contributed by atoms with Crippen LogP contribution in [0.25, 0.3) is 0 Å². The van der Waals surface area contributed by atoms with Crippen molar-refractivity contribution in [2.75, 3.05) is 45.9 Å². The van der Waals surface area contributed by atoms with Gasteiger partial charge in [-0.25, -0.2) is 4.99 Å². The zero-order valence-electron chi connectivity index (χ0n) is 16.6. The van der Waals surface area contributed by atoms with Gasteiger partial charge in [0.2, 0.25) is 0 Å². The minimum atomic E-state index is 0. The van der Waals surface area contributed by atoms with Crippen LogP contribution in [-0.4, -0.2) is 56.8 Å². The van der Waals surface area contributed by atoms with E-state index in [0.29, 0.717) is 6.54 Å². The third-order valence-corrected chi connectivity index (χ3v) is 5.03. The predicted octanol–water partition coefficient (Wildman–Crippen LogP) is 3.55. The molecule has 0 atom stereocenters. The Morgan fingerprint density at radius 1 is 1.07 bits per heavy atom. The van der Waals surface area contributed by atoms with Crippen LogP contribution in [0.5, 0.6) is 0 Å². The molecule has 1 aliphatic rings. The largest absolute Gasteiger partial charge is 0.469 e. The predicted molar refractivity (Wildman–Crippen MR) is 128 cm³/mol. The highest BCUT2D eigenvalue weighted by Gasteiger charge is 2.09. The van der Waals surface area contributed by atoms with Gasteiger partial charge in [-0.1, -0.05) is 29.8 Å². The molecule has 3 rings (SSSR count). The van der Waals surface area contributed by atoms with Crippen molar-refractivity contribution >= 4 is 41.5 Å². The van der Waals surface area contributed by atoms with E-state index in [1.54, 1.807) is 6.26 Å². The van der Waals surface area contributed by atoms with Crippen molar-refractivity contribution in [3.05, 3.63) is 59.0 Å². The van der Waals surface area contributed by atoms with Crippen LogP contribution in [0.15, 0.2) is 52.1 Å². The average molecular weight is 533 g/mol. The number of morpholine rings is 1. The SMILES string of the molecule is Clc1ccccc1CN=C(NCCCN1CCOCC1)NCCc1ccco1.I. The second-order valence-corrected chi connectivity index (χ2v) is 7.15. The Morgan fingerprint density at radius 2 is 1.86 bits per heavy atom. The highest BCUT2D eigenvalue weighted by molar-refractivity contribution is 14.0. The second kappa shape index (κ2) is 13.8. The first-order chi connectivity index (χ1) is 13.8. The average Bonchev–Trinajstić information content (AvgIpc) is 3.24. The zero-order chi connectivity index (χ0) is 19.4. The number of hydrogen-bond donors (Lipinski definition) is 2. The number of nitrogens with one attached hydrogen (secondary N) is 2. The van der Waals surface area contributed by atoms with E-state index in [2.05, 4.69) is 15.5 Å². The molecule has 0 aliphatic carbocycles. The molecule has 2 heterocycles. The number of ether oxygens (including phenoxy) is 1. The Hall–Kier alpha value is -1.29. The molecule has 1 fully saturated rings. The standard InChI is InChI=1S/C21H29ClN4O2.HI/c22-20-7-2-1-5-18(20)17-25-21(24-10-8-19-6-3-14-28-19)23-9-4-11-26-12-15-27-16-13-26;/h1-3,5-7,14H,4,8-13,15-17H2,(H2,23,24,25);1H. The summed E-state index contributed by atoms with van der Waals surface area (Å²) in [6, 6.07) is 11.7. The lowest BCUT2D eigenvalue weighted by Crippen LogP contribution is -2.41. The van der Waals surface area contributed by atoms with Crippen molar-refractivity contribution in [3.8, 4) is 0 Å². The lowest BCUT2D eigenvalue weighted by molar-refractivity contribution is 0.0376. The Kier molecular flexibility index (Phi) is 11.5. The van der Waals surface area contributed by atoms with Gasteiger partial charge in [-0.3, -0.25) is 4.90 Å². The van der Waals surface area contributed by atoms with E-state index in [4.69, 9.17) is 25.7 Å². The third-order valence-electron chi connectivity index (χ3n) is 4.66. The minimum absolute atomic E-state index is 0. The zero-order valence-corrected chi connectivity index (χ0v) is 19.7. The summed E-state index contributed by atoms with van der Waals surface area (Å²) in [6.45, 7) is 6.96. The first-order valence-electron chi connectivity index (χ1n) is 9.89. The van der Waals surface area contributed by atoms with E-state index in [9.17, 15) is 0 Å². The summed E-state index contributed by atoms with van der Waals surface area (Å²) in [5, 5.41) is 7.57. The number of aliphatic imine (C=N–C) groups is 1. The lowest BCUT2D eigenvalue weighted by Gasteiger charge is -2.26. The smallest absolute Gasteiger partial charge is 0.191 e. The Bertz CT molecular complexity index is 721. The molecular weight excluding hydrogens is 503 g/mol. The van der Waals surface area contributed by atoms with Crippen LogP contribution in [0.2, 0.25) is 5.02 Å². The maximum Gasteiger partial charge on any atom is 0.191 e. The van der Waals surface area contributed by atoms with Crippen LogP contribution in [0.1, 0.15) is 17.7 Å². The fourth-order valence-electron chi connectivity index (χ4n) is 3.06. The third kappa shape index (κ3) is 8.94. The van der Waals surface area contributed by atoms with Crippen LogP contribution < -0.4 is 10.6 Å². The van der Waals surface area contributed by atoms with E-state index in [0.717, 1.165) is 81.1 Å². The summed E-state index contributed by atoms with van der Waals surface area (Å²) in [7, 11) is 0. The number of nitrogens with zero attached hydrogens (tertiary/aromatic N) is 2. The van der Waals surface area contributed by atoms with Crippen LogP contribution in [0.4, 0.5) is 0 Å². The molecular formula is C21H30ClIN4O2. The number of rotatable bonds is 9. The summed E-state index contributed by atoms with van der Waals surface area (Å²) in [4.78, 5) is 7.14. The van der Waals surface area contributed by atoms with Crippen LogP contribution in [0.3, 0.4) is 0 Å². The number of benzene rings is 1. The number of halogens is 2. The van der Waals surface area contributed by atoms with Crippen LogP contribution in [0, 0.1) is 0 Å². The fourth-order valence-corrected chi connectivity index (χ4v) is 3.25. The maximum atomic E-state index is 6.25. The van der Waals surface area contributed by atoms with Crippen molar-refractivity contribution in [1.82, 2.24) is 15.5 Å². The molecule has 0 saturated carbocycles. The summed E-state index contributed by atoms with van der Waals surface area (Å²) in [5.41, 5.74) is 1.02. The molecule has 6 nitrogen and oxygen atoms in total. The molecule has 160 valence electrons. The normalized spacial score (nSPS) is 15.0. The lowest BCUT2D eigenvalue weighted by atomic mass is 10.2. The first kappa shape index (κ1) is 24.0. The topological polar surface area (TPSA) is 62.0 Å². The van der Waals surface area contributed by atoms with Crippen molar-refractivity contribution in [1.29, 1.82) is 0 Å². The number of furan rings is 1. The molecule has 1 aromatic carbocycles. The molecule has 29 heavy (non-hydrogen) atoms. The van der Waals surface area contributed by atoms with E-state index < -0.39 is 0 Å². The molecule has 0 unspecified atom stereocenters. The van der Waals surface area contributed by atoms with Crippen LogP contribution in [-0.2, 0) is 17.7 Å². The summed E-state index contributed by atoms with van der Waals surface area (Å²) in [5.74, 6) is 1.76. The minimum Gasteiger partial charge on any atom is -0.469 e. The Balaban J connectivity index is 0.00000300. The molecule has 0 spiro atoms. The van der Waals surface area contributed by atoms with Gasteiger partial charge >= 0.3 is 0 Å². The van der Waals surface area contributed by atoms with Gasteiger partial charge in [0.15, 0.2) is 5.96 Å². The van der Waals surface area contributed by atoms with Gasteiger partial charge in [0.05, 0.1) is 26.0 Å². The first-order valence-corrected chi connectivity index (χ1v) is 10.3. The van der Waals surface area contributed by atoms with E-state index in [1.165, 1.54) is 0 Å². The number of guanidine groups is 1. The van der Waals surface area contributed by atoms with Gasteiger partial charge in [-0.05, 0) is 36.7 Å². The van der Waals surface area contributed by atoms with Crippen molar-refractivity contribution < 1.29 is 9.15 Å². The van der Waals surface area contributed by atoms with Crippen molar-refractivity contribution in [2.45, 2.75) is 19.4 Å². The highest BCUT2D eigenvalue weighted by Crippen LogP contribution is 2.15. The molecule has 1 saturated heterocycles. The molecule has 8 heteroatoms. The molecule has 2 aromatic rings. The fraction of sp³-hybridized carbons (Fsp3) is 0.476. The van der Waals surface area contributed by atoms with Gasteiger partial charge in [-0.15, -0.1) is 24.0 Å². The van der Waals surface area contributed by atoms with Crippen molar-refractivity contribution in [3.63, 3.8) is 0 Å². The monoisotopic (exact) mass is 532 g/mol. The maximum absolute atomic E-state index is 6.25. The van der Waals surface area contributed by atoms with Gasteiger partial charge < -0.3 is 19.8 Å². The Labute approximate surface area is 195 Å². The van der Waals surface area contributed by atoms with E-state index in [-0.39, 0.29) is 24.0 Å². The van der Waals surface area contributed by atoms with Gasteiger partial charge in [-0.2, -0.15) is 0 Å². The quantitative estimate of drug-likeness (QED) is 0.224. The molecule has 0 bridgehead atoms. The van der Waals surface area contributed by atoms with Crippen molar-refractivity contribution in [2.24, 2.45) is 4.99 Å². The van der Waals surface area contributed by atoms with Gasteiger partial charge in [0.25, 0.3) is 0 Å². The second-order valence-electron chi connectivity index (χ2n) is 6.75. The molecule has 1 aliphatic heterocycles. The summed E-state index contributed by atoms with van der Waals surface area (Å²) in [6.07, 6.45) is 3.57. The van der Waals surface area contributed by atoms with Gasteiger partial charge in [0.1, 0.15) is 5.76 Å². The Morgan fingerprint density at radius 3 is 2.62 bits per heavy atom. The summed E-state index contributed by atoms with van der Waals surface area (Å²) >= 11 is 6.25. The highest BCUT2D eigenvalue weighted by atomic mass is 127. The molecule has 0 amide bonds. The summed E-state index contributed by atoms with van der Waals surface area (Å²) < 4.78 is 10.8. The molecule has 2 N–H and O–H groups in total. The van der Waals surface area contributed by atoms with E-state index >= 15 is 0 Å². The van der Waals surface area contributed by atoms with Crippen LogP contribution >= 0.6 is 35.6 Å². The number of hydrogen-bond acceptors (Lipinski definition) is 4.